The van der Waals surface area contributed by atoms with E-state index < -0.39 is 6.04 Å². The van der Waals surface area contributed by atoms with Gasteiger partial charge in [0.25, 0.3) is 11.8 Å². The van der Waals surface area contributed by atoms with Gasteiger partial charge in [-0.2, -0.15) is 0 Å². The van der Waals surface area contributed by atoms with Crippen molar-refractivity contribution in [3.8, 4) is 0 Å². The normalized spacial score (nSPS) is 19.9. The molecule has 1 saturated heterocycles. The van der Waals surface area contributed by atoms with Crippen molar-refractivity contribution in [1.82, 2.24) is 15.2 Å². The van der Waals surface area contributed by atoms with Crippen molar-refractivity contribution in [2.24, 2.45) is 5.92 Å². The van der Waals surface area contributed by atoms with Gasteiger partial charge in [-0.25, -0.2) is 9.69 Å². The van der Waals surface area contributed by atoms with Crippen LogP contribution in [0.3, 0.4) is 0 Å². The molecule has 0 unspecified atom stereocenters. The molecule has 2 aliphatic heterocycles. The lowest BCUT2D eigenvalue weighted by Crippen LogP contribution is -2.42. The summed E-state index contributed by atoms with van der Waals surface area (Å²) in [5, 5.41) is 4.00. The topological polar surface area (TPSA) is 85.5 Å². The minimum atomic E-state index is -0.587. The summed E-state index contributed by atoms with van der Waals surface area (Å²) in [6.45, 7) is 6.68. The maximum Gasteiger partial charge on any atom is 0.332 e. The fraction of sp³-hybridized carbons (Fsp3) is 0.346. The molecule has 170 valence electrons. The Kier molecular flexibility index (Phi) is 5.19. The van der Waals surface area contributed by atoms with Crippen molar-refractivity contribution >= 4 is 34.4 Å². The van der Waals surface area contributed by atoms with Crippen LogP contribution in [0.5, 0.6) is 0 Å². The average Bonchev–Trinajstić information content (AvgIpc) is 3.29. The van der Waals surface area contributed by atoms with Crippen LogP contribution in [0, 0.1) is 5.92 Å². The molecule has 4 amide bonds. The number of urea groups is 1. The van der Waals surface area contributed by atoms with Crippen LogP contribution >= 0.6 is 0 Å². The number of carbonyl (C=O) groups is 3. The van der Waals surface area contributed by atoms with E-state index in [4.69, 9.17) is 0 Å². The third-order valence-electron chi connectivity index (χ3n) is 6.73. The number of rotatable bonds is 5. The summed E-state index contributed by atoms with van der Waals surface area (Å²) in [4.78, 5) is 46.3. The second kappa shape index (κ2) is 8.06. The number of fused-ring (bicyclic) bond motifs is 4. The van der Waals surface area contributed by atoms with Gasteiger partial charge in [0.05, 0.1) is 17.3 Å². The minimum absolute atomic E-state index is 0.277. The number of benzene rings is 2. The highest BCUT2D eigenvalue weighted by Crippen LogP contribution is 2.42. The lowest BCUT2D eigenvalue weighted by molar-refractivity contribution is -0.120. The SMILES string of the molecule is CC(C)CCNC(=O)c1ccccc1N1C(=O)[C@@H]2Cc3c([nH]c4ccccc34)[C@@H](C)N2C1=O. The maximum atomic E-state index is 13.6. The van der Waals surface area contributed by atoms with Crippen LogP contribution in [0.25, 0.3) is 10.9 Å². The summed E-state index contributed by atoms with van der Waals surface area (Å²) < 4.78 is 0. The summed E-state index contributed by atoms with van der Waals surface area (Å²) >= 11 is 0. The predicted octanol–water partition coefficient (Wildman–Crippen LogP) is 4.40. The monoisotopic (exact) mass is 444 g/mol. The molecule has 0 bridgehead atoms. The molecule has 0 spiro atoms. The molecular formula is C26H28N4O3. The van der Waals surface area contributed by atoms with Crippen LogP contribution < -0.4 is 10.2 Å². The third kappa shape index (κ3) is 3.39. The molecule has 0 radical (unpaired) electrons. The fourth-order valence-corrected chi connectivity index (χ4v) is 5.01. The second-order valence-corrected chi connectivity index (χ2v) is 9.28. The van der Waals surface area contributed by atoms with E-state index in [1.807, 2.05) is 31.2 Å². The quantitative estimate of drug-likeness (QED) is 0.572. The number of hydrogen-bond donors (Lipinski definition) is 2. The molecule has 2 N–H and O–H groups in total. The van der Waals surface area contributed by atoms with Crippen LogP contribution in [0.2, 0.25) is 0 Å². The van der Waals surface area contributed by atoms with Gasteiger partial charge in [0.15, 0.2) is 0 Å². The molecule has 33 heavy (non-hydrogen) atoms. The molecule has 1 aromatic heterocycles. The average molecular weight is 445 g/mol. The molecule has 0 aliphatic carbocycles. The molecule has 5 rings (SSSR count). The van der Waals surface area contributed by atoms with E-state index in [2.05, 4.69) is 24.1 Å². The van der Waals surface area contributed by atoms with Crippen molar-refractivity contribution in [1.29, 1.82) is 0 Å². The van der Waals surface area contributed by atoms with Crippen molar-refractivity contribution < 1.29 is 14.4 Å². The number of imide groups is 1. The Bertz CT molecular complexity index is 1260. The van der Waals surface area contributed by atoms with E-state index in [1.54, 1.807) is 29.2 Å². The Morgan fingerprint density at radius 2 is 1.85 bits per heavy atom. The molecule has 7 nitrogen and oxygen atoms in total. The minimum Gasteiger partial charge on any atom is -0.356 e. The lowest BCUT2D eigenvalue weighted by Gasteiger charge is -2.33. The van der Waals surface area contributed by atoms with Gasteiger partial charge in [-0.15, -0.1) is 0 Å². The van der Waals surface area contributed by atoms with E-state index in [-0.39, 0.29) is 23.9 Å². The van der Waals surface area contributed by atoms with Gasteiger partial charge in [0, 0.05) is 29.6 Å². The number of aromatic amines is 1. The molecule has 7 heteroatoms. The highest BCUT2D eigenvalue weighted by molar-refractivity contribution is 6.24. The molecule has 2 atom stereocenters. The van der Waals surface area contributed by atoms with Gasteiger partial charge >= 0.3 is 6.03 Å². The molecule has 1 fully saturated rings. The lowest BCUT2D eigenvalue weighted by atomic mass is 9.93. The summed E-state index contributed by atoms with van der Waals surface area (Å²) in [6.07, 6.45) is 1.31. The summed E-state index contributed by atoms with van der Waals surface area (Å²) in [6, 6.07) is 13.6. The Morgan fingerprint density at radius 3 is 2.64 bits per heavy atom. The number of hydrogen-bond acceptors (Lipinski definition) is 3. The van der Waals surface area contributed by atoms with E-state index >= 15 is 0 Å². The predicted molar refractivity (Wildman–Crippen MR) is 127 cm³/mol. The zero-order valence-electron chi connectivity index (χ0n) is 19.1. The number of para-hydroxylation sites is 2. The largest absolute Gasteiger partial charge is 0.356 e. The fourth-order valence-electron chi connectivity index (χ4n) is 5.01. The Hall–Kier alpha value is -3.61. The molecule has 3 aromatic rings. The van der Waals surface area contributed by atoms with Gasteiger partial charge in [-0.05, 0) is 43.0 Å². The first-order chi connectivity index (χ1) is 15.9. The first kappa shape index (κ1) is 21.2. The van der Waals surface area contributed by atoms with Crippen molar-refractivity contribution in [2.45, 2.75) is 45.7 Å². The number of nitrogens with one attached hydrogen (secondary N) is 2. The van der Waals surface area contributed by atoms with E-state index in [0.29, 0.717) is 30.1 Å². The second-order valence-electron chi connectivity index (χ2n) is 9.28. The summed E-state index contributed by atoms with van der Waals surface area (Å²) in [5.41, 5.74) is 3.73. The van der Waals surface area contributed by atoms with Crippen molar-refractivity contribution in [3.05, 3.63) is 65.4 Å². The Morgan fingerprint density at radius 1 is 1.12 bits per heavy atom. The van der Waals surface area contributed by atoms with Gasteiger partial charge in [-0.1, -0.05) is 44.2 Å². The van der Waals surface area contributed by atoms with E-state index in [1.165, 1.54) is 4.90 Å². The number of amides is 4. The zero-order chi connectivity index (χ0) is 23.3. The van der Waals surface area contributed by atoms with Crippen molar-refractivity contribution in [3.63, 3.8) is 0 Å². The van der Waals surface area contributed by atoms with Crippen LogP contribution in [0.4, 0.5) is 10.5 Å². The van der Waals surface area contributed by atoms with Crippen molar-refractivity contribution in [2.75, 3.05) is 11.4 Å². The van der Waals surface area contributed by atoms with Crippen LogP contribution in [0.15, 0.2) is 48.5 Å². The highest BCUT2D eigenvalue weighted by atomic mass is 16.2. The maximum absolute atomic E-state index is 13.6. The Balaban J connectivity index is 1.48. The third-order valence-corrected chi connectivity index (χ3v) is 6.73. The van der Waals surface area contributed by atoms with Crippen LogP contribution in [-0.2, 0) is 11.2 Å². The highest BCUT2D eigenvalue weighted by Gasteiger charge is 2.52. The van der Waals surface area contributed by atoms with Crippen LogP contribution in [-0.4, -0.2) is 40.3 Å². The van der Waals surface area contributed by atoms with E-state index in [0.717, 1.165) is 28.6 Å². The molecule has 2 aliphatic rings. The summed E-state index contributed by atoms with van der Waals surface area (Å²) in [5.74, 6) is -0.0981. The smallest absolute Gasteiger partial charge is 0.332 e. The standard InChI is InChI=1S/C26H28N4O3/c1-15(2)12-13-27-24(31)18-9-5-7-11-21(18)30-25(32)22-14-19-17-8-4-6-10-20(17)28-23(19)16(3)29(22)26(30)33/h4-11,15-16,22,28H,12-14H2,1-3H3,(H,27,31)/t16-,22+/m1/s1. The van der Waals surface area contributed by atoms with Gasteiger partial charge in [0.1, 0.15) is 6.04 Å². The summed E-state index contributed by atoms with van der Waals surface area (Å²) in [7, 11) is 0. The number of aromatic nitrogens is 1. The first-order valence-electron chi connectivity index (χ1n) is 11.5. The first-order valence-corrected chi connectivity index (χ1v) is 11.5. The number of H-pyrrole nitrogens is 1. The number of carbonyl (C=O) groups excluding carboxylic acids is 3. The number of nitrogens with zero attached hydrogens (tertiary/aromatic N) is 2. The molecular weight excluding hydrogens is 416 g/mol. The molecule has 2 aromatic carbocycles. The van der Waals surface area contributed by atoms with Gasteiger partial charge < -0.3 is 15.2 Å². The van der Waals surface area contributed by atoms with Crippen LogP contribution in [0.1, 0.15) is 54.8 Å². The van der Waals surface area contributed by atoms with Gasteiger partial charge in [-0.3, -0.25) is 9.59 Å². The Labute approximate surface area is 192 Å². The van der Waals surface area contributed by atoms with E-state index in [9.17, 15) is 14.4 Å². The van der Waals surface area contributed by atoms with Gasteiger partial charge in [0.2, 0.25) is 0 Å². The zero-order valence-corrected chi connectivity index (χ0v) is 19.1. The number of anilines is 1. The molecule has 3 heterocycles. The molecule has 0 saturated carbocycles.